The molecule has 1 fully saturated rings. The van der Waals surface area contributed by atoms with Crippen LogP contribution in [0.4, 0.5) is 0 Å². The number of hydrogen-bond donors (Lipinski definition) is 0. The number of hydrogen-bond acceptors (Lipinski definition) is 1. The Labute approximate surface area is 55.9 Å². The lowest BCUT2D eigenvalue weighted by Gasteiger charge is -1.81. The van der Waals surface area contributed by atoms with Crippen LogP contribution in [0.5, 0.6) is 0 Å². The van der Waals surface area contributed by atoms with Gasteiger partial charge < -0.3 is 0 Å². The number of carbonyl (C=O) groups is 1. The number of alkyl halides is 1. The molecule has 0 N–H and O–H groups in total. The lowest BCUT2D eigenvalue weighted by molar-refractivity contribution is -0.115. The first kappa shape index (κ1) is 4.74. The van der Waals surface area contributed by atoms with Crippen LogP contribution in [0, 0.1) is 11.8 Å². The summed E-state index contributed by atoms with van der Waals surface area (Å²) in [5, 5.41) is 0. The number of allylic oxidation sites excluding steroid dienone is 2. The summed E-state index contributed by atoms with van der Waals surface area (Å²) in [4.78, 5) is 11.2. The Hall–Kier alpha value is -0.110. The third-order valence-electron chi connectivity index (χ3n) is 1.80. The first-order valence-electron chi connectivity index (χ1n) is 2.67. The normalized spacial score (nSPS) is 49.6. The summed E-state index contributed by atoms with van der Waals surface area (Å²) in [6.07, 6.45) is 3.68. The molecule has 2 heteroatoms. The summed E-state index contributed by atoms with van der Waals surface area (Å²) >= 11 is 3.39. The van der Waals surface area contributed by atoms with E-state index < -0.39 is 0 Å². The first-order chi connectivity index (χ1) is 3.80. The van der Waals surface area contributed by atoms with Gasteiger partial charge in [-0.2, -0.15) is 0 Å². The molecule has 1 saturated carbocycles. The monoisotopic (exact) mass is 172 g/mol. The molecule has 2 aliphatic carbocycles. The van der Waals surface area contributed by atoms with Crippen LogP contribution in [-0.2, 0) is 4.79 Å². The van der Waals surface area contributed by atoms with Crippen LogP contribution < -0.4 is 0 Å². The van der Waals surface area contributed by atoms with Gasteiger partial charge in [0, 0.05) is 16.7 Å². The zero-order chi connectivity index (χ0) is 5.72. The second-order valence-corrected chi connectivity index (χ2v) is 3.37. The van der Waals surface area contributed by atoms with Crippen LogP contribution in [0.3, 0.4) is 0 Å². The van der Waals surface area contributed by atoms with Gasteiger partial charge in [0.1, 0.15) is 0 Å². The fraction of sp³-hybridized carbons (Fsp3) is 0.500. The topological polar surface area (TPSA) is 17.1 Å². The van der Waals surface area contributed by atoms with Gasteiger partial charge in [-0.15, -0.1) is 0 Å². The predicted molar refractivity (Wildman–Crippen MR) is 33.8 cm³/mol. The van der Waals surface area contributed by atoms with Gasteiger partial charge in [-0.25, -0.2) is 0 Å². The molecule has 1 nitrogen and oxygen atoms in total. The van der Waals surface area contributed by atoms with E-state index in [4.69, 9.17) is 0 Å². The fourth-order valence-electron chi connectivity index (χ4n) is 1.19. The molecule has 2 rings (SSSR count). The van der Waals surface area contributed by atoms with Gasteiger partial charge in [-0.1, -0.05) is 22.0 Å². The predicted octanol–water partition coefficient (Wildman–Crippen LogP) is 1.13. The highest BCUT2D eigenvalue weighted by molar-refractivity contribution is 9.09. The Kier molecular flexibility index (Phi) is 0.734. The summed E-state index contributed by atoms with van der Waals surface area (Å²) in [5.41, 5.74) is 0. The molecule has 0 aliphatic heterocycles. The molecule has 0 radical (unpaired) electrons. The minimum absolute atomic E-state index is 0.303. The van der Waals surface area contributed by atoms with Crippen molar-refractivity contribution >= 4 is 21.7 Å². The molecule has 42 valence electrons. The average Bonchev–Trinajstić information content (AvgIpc) is 2.13. The van der Waals surface area contributed by atoms with Crippen molar-refractivity contribution in [3.05, 3.63) is 12.2 Å². The van der Waals surface area contributed by atoms with E-state index in [1.54, 1.807) is 6.08 Å². The van der Waals surface area contributed by atoms with Crippen molar-refractivity contribution in [1.29, 1.82) is 0 Å². The molecular weight excluding hydrogens is 168 g/mol. The largest absolute Gasteiger partial charge is 0.294 e. The van der Waals surface area contributed by atoms with E-state index in [1.165, 1.54) is 0 Å². The summed E-state index contributed by atoms with van der Waals surface area (Å²) in [6, 6.07) is 0. The van der Waals surface area contributed by atoms with Crippen LogP contribution in [0.15, 0.2) is 12.2 Å². The average molecular weight is 173 g/mol. The molecule has 0 aromatic carbocycles. The highest BCUT2D eigenvalue weighted by Gasteiger charge is 2.53. The molecule has 0 heterocycles. The Balaban J connectivity index is 2.29. The molecule has 3 atom stereocenters. The highest BCUT2D eigenvalue weighted by Crippen LogP contribution is 2.50. The smallest absolute Gasteiger partial charge is 0.160 e. The van der Waals surface area contributed by atoms with Crippen LogP contribution in [0.2, 0.25) is 0 Å². The molecule has 8 heavy (non-hydrogen) atoms. The molecule has 2 aliphatic rings. The molecule has 0 saturated heterocycles. The number of halogens is 1. The number of rotatable bonds is 0. The van der Waals surface area contributed by atoms with Crippen LogP contribution in [0.1, 0.15) is 0 Å². The Bertz CT molecular complexity index is 173. The summed E-state index contributed by atoms with van der Waals surface area (Å²) in [5.74, 6) is 1.16. The third kappa shape index (κ3) is 0.395. The van der Waals surface area contributed by atoms with Crippen molar-refractivity contribution in [2.45, 2.75) is 4.83 Å². The minimum Gasteiger partial charge on any atom is -0.294 e. The van der Waals surface area contributed by atoms with Gasteiger partial charge in [0.25, 0.3) is 0 Å². The molecule has 0 aromatic heterocycles. The molecule has 0 unspecified atom stereocenters. The van der Waals surface area contributed by atoms with E-state index in [0.717, 1.165) is 0 Å². The van der Waals surface area contributed by atoms with E-state index in [2.05, 4.69) is 15.9 Å². The highest BCUT2D eigenvalue weighted by atomic mass is 79.9. The van der Waals surface area contributed by atoms with Crippen LogP contribution >= 0.6 is 15.9 Å². The van der Waals surface area contributed by atoms with E-state index in [-0.39, 0.29) is 0 Å². The van der Waals surface area contributed by atoms with Crippen molar-refractivity contribution in [2.75, 3.05) is 0 Å². The van der Waals surface area contributed by atoms with Gasteiger partial charge in [0.05, 0.1) is 0 Å². The van der Waals surface area contributed by atoms with E-state index in [9.17, 15) is 4.79 Å². The maximum absolute atomic E-state index is 10.7. The molecule has 0 bridgehead atoms. The maximum atomic E-state index is 10.7. The molecule has 0 aromatic rings. The number of ketones is 1. The standard InChI is InChI=1S/C6H5BrO/c7-6-3-1-2-4(8)5(3)6/h1-3,5-6H/t3-,5-,6-/m1/s1. The number of carbonyl (C=O) groups excluding carboxylic acids is 1. The second-order valence-electron chi connectivity index (χ2n) is 2.31. The van der Waals surface area contributed by atoms with E-state index in [0.29, 0.717) is 22.4 Å². The van der Waals surface area contributed by atoms with Gasteiger partial charge >= 0.3 is 0 Å². The lowest BCUT2D eigenvalue weighted by atomic mass is 10.3. The molecule has 0 spiro atoms. The Morgan fingerprint density at radius 2 is 2.38 bits per heavy atom. The Morgan fingerprint density at radius 3 is 2.62 bits per heavy atom. The molecule has 0 amide bonds. The number of fused-ring (bicyclic) bond motifs is 1. The first-order valence-corrected chi connectivity index (χ1v) is 3.58. The van der Waals surface area contributed by atoms with Crippen molar-refractivity contribution < 1.29 is 4.79 Å². The maximum Gasteiger partial charge on any atom is 0.160 e. The van der Waals surface area contributed by atoms with E-state index in [1.807, 2.05) is 6.08 Å². The minimum atomic E-state index is 0.303. The van der Waals surface area contributed by atoms with Crippen molar-refractivity contribution in [3.63, 3.8) is 0 Å². The van der Waals surface area contributed by atoms with Gasteiger partial charge in [0.2, 0.25) is 0 Å². The Morgan fingerprint density at radius 1 is 1.62 bits per heavy atom. The van der Waals surface area contributed by atoms with Gasteiger partial charge in [-0.3, -0.25) is 4.79 Å². The zero-order valence-corrected chi connectivity index (χ0v) is 5.76. The quantitative estimate of drug-likeness (QED) is 0.502. The van der Waals surface area contributed by atoms with Crippen molar-refractivity contribution in [3.8, 4) is 0 Å². The van der Waals surface area contributed by atoms with Crippen LogP contribution in [-0.4, -0.2) is 10.6 Å². The zero-order valence-electron chi connectivity index (χ0n) is 4.17. The fourth-order valence-corrected chi connectivity index (χ4v) is 2.13. The van der Waals surface area contributed by atoms with Crippen molar-refractivity contribution in [1.82, 2.24) is 0 Å². The summed E-state index contributed by atoms with van der Waals surface area (Å²) in [7, 11) is 0. The van der Waals surface area contributed by atoms with Crippen LogP contribution in [0.25, 0.3) is 0 Å². The van der Waals surface area contributed by atoms with Crippen molar-refractivity contribution in [2.24, 2.45) is 11.8 Å². The summed E-state index contributed by atoms with van der Waals surface area (Å²) in [6.45, 7) is 0. The summed E-state index contributed by atoms with van der Waals surface area (Å²) < 4.78 is 0. The second kappa shape index (κ2) is 1.24. The third-order valence-corrected chi connectivity index (χ3v) is 2.98. The van der Waals surface area contributed by atoms with E-state index >= 15 is 0 Å². The SMILES string of the molecule is O=C1C=C[C@H]2[C@@H](Br)[C@@H]12. The lowest BCUT2D eigenvalue weighted by Crippen LogP contribution is -1.93. The molecular formula is C6H5BrO. The van der Waals surface area contributed by atoms with Gasteiger partial charge in [0.15, 0.2) is 5.78 Å². The van der Waals surface area contributed by atoms with Gasteiger partial charge in [-0.05, 0) is 6.08 Å².